The second-order valence-electron chi connectivity index (χ2n) is 5.71. The van der Waals surface area contributed by atoms with Crippen molar-refractivity contribution in [2.45, 2.75) is 12.5 Å². The fourth-order valence-corrected chi connectivity index (χ4v) is 3.42. The lowest BCUT2D eigenvalue weighted by atomic mass is 10.0. The van der Waals surface area contributed by atoms with Crippen LogP contribution in [0, 0.1) is 5.82 Å². The van der Waals surface area contributed by atoms with Gasteiger partial charge in [-0.3, -0.25) is 0 Å². The van der Waals surface area contributed by atoms with E-state index in [0.717, 1.165) is 15.0 Å². The quantitative estimate of drug-likeness (QED) is 0.668. The van der Waals surface area contributed by atoms with Crippen LogP contribution in [0.5, 0.6) is 0 Å². The Morgan fingerprint density at radius 1 is 1.21 bits per heavy atom. The summed E-state index contributed by atoms with van der Waals surface area (Å²) in [5.74, 6) is -0.510. The van der Waals surface area contributed by atoms with Crippen molar-refractivity contribution in [1.29, 1.82) is 0 Å². The molecule has 2 aromatic carbocycles. The van der Waals surface area contributed by atoms with Crippen molar-refractivity contribution < 1.29 is 14.3 Å². The normalized spacial score (nSPS) is 13.5. The number of halogens is 1. The van der Waals surface area contributed by atoms with Crippen LogP contribution in [0.15, 0.2) is 54.6 Å². The highest BCUT2D eigenvalue weighted by Crippen LogP contribution is 2.32. The van der Waals surface area contributed by atoms with Gasteiger partial charge in [-0.2, -0.15) is 0 Å². The van der Waals surface area contributed by atoms with E-state index in [2.05, 4.69) is 10.6 Å². The van der Waals surface area contributed by atoms with E-state index in [9.17, 15) is 14.3 Å². The average molecular weight is 344 g/mol. The van der Waals surface area contributed by atoms with Crippen molar-refractivity contribution in [3.63, 3.8) is 0 Å². The molecule has 0 spiro atoms. The zero-order valence-electron chi connectivity index (χ0n) is 13.0. The number of urea groups is 1. The Hall–Kier alpha value is -2.44. The molecule has 0 saturated heterocycles. The smallest absolute Gasteiger partial charge is 0.319 e. The number of benzene rings is 2. The van der Waals surface area contributed by atoms with Crippen LogP contribution in [0.25, 0.3) is 10.1 Å². The van der Waals surface area contributed by atoms with E-state index in [4.69, 9.17) is 0 Å². The fraction of sp³-hybridized carbons (Fsp3) is 0.167. The zero-order valence-corrected chi connectivity index (χ0v) is 13.9. The third-order valence-electron chi connectivity index (χ3n) is 3.67. The van der Waals surface area contributed by atoms with Gasteiger partial charge in [0.25, 0.3) is 0 Å². The van der Waals surface area contributed by atoms with Crippen LogP contribution >= 0.6 is 11.3 Å². The highest BCUT2D eigenvalue weighted by atomic mass is 32.1. The van der Waals surface area contributed by atoms with E-state index in [1.165, 1.54) is 23.5 Å². The molecule has 0 unspecified atom stereocenters. The van der Waals surface area contributed by atoms with Crippen molar-refractivity contribution in [2.24, 2.45) is 0 Å². The number of anilines is 1. The molecule has 0 fully saturated rings. The summed E-state index contributed by atoms with van der Waals surface area (Å²) in [6.45, 7) is 1.65. The van der Waals surface area contributed by atoms with Gasteiger partial charge in [0, 0.05) is 9.58 Å². The maximum atomic E-state index is 13.5. The molecular formula is C18H17FN2O2S. The average Bonchev–Trinajstić information content (AvgIpc) is 3.00. The maximum Gasteiger partial charge on any atom is 0.319 e. The van der Waals surface area contributed by atoms with Gasteiger partial charge in [0.15, 0.2) is 0 Å². The van der Waals surface area contributed by atoms with Gasteiger partial charge in [-0.1, -0.05) is 30.3 Å². The minimum Gasteiger partial charge on any atom is -0.383 e. The molecule has 0 aliphatic heterocycles. The predicted octanol–water partition coefficient (Wildman–Crippen LogP) is 4.07. The molecule has 1 heterocycles. The highest BCUT2D eigenvalue weighted by Gasteiger charge is 2.26. The summed E-state index contributed by atoms with van der Waals surface area (Å²) in [4.78, 5) is 12.7. The van der Waals surface area contributed by atoms with Crippen molar-refractivity contribution in [1.82, 2.24) is 5.32 Å². The van der Waals surface area contributed by atoms with Crippen LogP contribution in [-0.4, -0.2) is 17.7 Å². The van der Waals surface area contributed by atoms with Gasteiger partial charge in [0.05, 0.1) is 12.2 Å². The minimum absolute atomic E-state index is 0.0140. The Kier molecular flexibility index (Phi) is 4.51. The van der Waals surface area contributed by atoms with Gasteiger partial charge in [0.1, 0.15) is 11.4 Å². The highest BCUT2D eigenvalue weighted by molar-refractivity contribution is 7.19. The molecule has 1 atom stereocenters. The number of carbonyl (C=O) groups is 1. The number of thiophene rings is 1. The van der Waals surface area contributed by atoms with E-state index < -0.39 is 17.4 Å². The first kappa shape index (κ1) is 16.4. The molecule has 0 aliphatic rings. The van der Waals surface area contributed by atoms with E-state index in [-0.39, 0.29) is 12.2 Å². The van der Waals surface area contributed by atoms with Gasteiger partial charge in [0.2, 0.25) is 0 Å². The van der Waals surface area contributed by atoms with Crippen molar-refractivity contribution in [2.75, 3.05) is 11.9 Å². The number of aliphatic hydroxyl groups is 1. The summed E-state index contributed by atoms with van der Waals surface area (Å²) in [5, 5.41) is 16.7. The van der Waals surface area contributed by atoms with Gasteiger partial charge in [-0.25, -0.2) is 9.18 Å². The zero-order chi connectivity index (χ0) is 17.2. The molecule has 0 aliphatic carbocycles. The van der Waals surface area contributed by atoms with E-state index in [0.29, 0.717) is 0 Å². The second kappa shape index (κ2) is 6.59. The number of carbonyl (C=O) groups excluding carboxylic acids is 1. The molecule has 0 saturated carbocycles. The Morgan fingerprint density at radius 2 is 1.92 bits per heavy atom. The molecular weight excluding hydrogens is 327 g/mol. The van der Waals surface area contributed by atoms with Crippen molar-refractivity contribution in [3.8, 4) is 0 Å². The van der Waals surface area contributed by atoms with Crippen LogP contribution < -0.4 is 10.6 Å². The van der Waals surface area contributed by atoms with Crippen LogP contribution in [0.4, 0.5) is 14.9 Å². The van der Waals surface area contributed by atoms with E-state index in [1.807, 2.05) is 30.3 Å². The van der Waals surface area contributed by atoms with Crippen LogP contribution in [-0.2, 0) is 5.60 Å². The first-order chi connectivity index (χ1) is 11.5. The SMILES string of the molecule is C[C@](O)(CNC(=O)Nc1ccccc1F)c1cc2ccccc2s1. The summed E-state index contributed by atoms with van der Waals surface area (Å²) in [5.41, 5.74) is -1.12. The Labute approximate surface area is 142 Å². The largest absolute Gasteiger partial charge is 0.383 e. The van der Waals surface area contributed by atoms with Gasteiger partial charge >= 0.3 is 6.03 Å². The lowest BCUT2D eigenvalue weighted by Gasteiger charge is -2.22. The number of rotatable bonds is 4. The molecule has 3 N–H and O–H groups in total. The Bertz CT molecular complexity index is 843. The summed E-state index contributed by atoms with van der Waals surface area (Å²) in [6.07, 6.45) is 0. The van der Waals surface area contributed by atoms with Crippen LogP contribution in [0.1, 0.15) is 11.8 Å². The van der Waals surface area contributed by atoms with E-state index >= 15 is 0 Å². The monoisotopic (exact) mass is 344 g/mol. The molecule has 4 nitrogen and oxygen atoms in total. The topological polar surface area (TPSA) is 61.4 Å². The number of hydrogen-bond donors (Lipinski definition) is 3. The molecule has 3 aromatic rings. The summed E-state index contributed by atoms with van der Waals surface area (Å²) < 4.78 is 14.6. The molecule has 1 aromatic heterocycles. The van der Waals surface area contributed by atoms with E-state index in [1.54, 1.807) is 19.1 Å². The molecule has 3 rings (SSSR count). The molecule has 6 heteroatoms. The fourth-order valence-electron chi connectivity index (χ4n) is 2.32. The molecule has 0 bridgehead atoms. The summed E-state index contributed by atoms with van der Waals surface area (Å²) in [7, 11) is 0. The standard InChI is InChI=1S/C18H17FN2O2S/c1-18(23,16-10-12-6-2-5-9-15(12)24-16)11-20-17(22)21-14-8-4-3-7-13(14)19/h2-10,23H,11H2,1H3,(H2,20,21,22)/t18-/m0/s1. The first-order valence-corrected chi connectivity index (χ1v) is 8.28. The molecule has 0 radical (unpaired) electrons. The van der Waals surface area contributed by atoms with Crippen LogP contribution in [0.3, 0.4) is 0 Å². The number of amides is 2. The van der Waals surface area contributed by atoms with Crippen LogP contribution in [0.2, 0.25) is 0 Å². The van der Waals surface area contributed by atoms with Crippen molar-refractivity contribution >= 4 is 33.1 Å². The third-order valence-corrected chi connectivity index (χ3v) is 5.04. The molecule has 24 heavy (non-hydrogen) atoms. The number of nitrogens with one attached hydrogen (secondary N) is 2. The summed E-state index contributed by atoms with van der Waals surface area (Å²) in [6, 6.07) is 15.1. The minimum atomic E-state index is -1.21. The lowest BCUT2D eigenvalue weighted by Crippen LogP contribution is -2.40. The molecule has 124 valence electrons. The lowest BCUT2D eigenvalue weighted by molar-refractivity contribution is 0.0638. The summed E-state index contributed by atoms with van der Waals surface area (Å²) >= 11 is 1.48. The number of hydrogen-bond acceptors (Lipinski definition) is 3. The second-order valence-corrected chi connectivity index (χ2v) is 6.79. The first-order valence-electron chi connectivity index (χ1n) is 7.46. The van der Waals surface area contributed by atoms with Gasteiger partial charge < -0.3 is 15.7 Å². The number of fused-ring (bicyclic) bond motifs is 1. The van der Waals surface area contributed by atoms with Crippen molar-refractivity contribution in [3.05, 3.63) is 65.3 Å². The number of para-hydroxylation sites is 1. The Morgan fingerprint density at radius 3 is 2.67 bits per heavy atom. The van der Waals surface area contributed by atoms with Gasteiger partial charge in [-0.15, -0.1) is 11.3 Å². The maximum absolute atomic E-state index is 13.5. The predicted molar refractivity (Wildman–Crippen MR) is 94.8 cm³/mol. The molecule has 2 amide bonds. The third kappa shape index (κ3) is 3.55. The van der Waals surface area contributed by atoms with Gasteiger partial charge in [-0.05, 0) is 36.6 Å². The Balaban J connectivity index is 1.66.